The van der Waals surface area contributed by atoms with Crippen molar-refractivity contribution in [2.45, 2.75) is 63.6 Å². The van der Waals surface area contributed by atoms with Crippen molar-refractivity contribution in [2.24, 2.45) is 5.92 Å². The molecule has 0 spiro atoms. The fourth-order valence-corrected chi connectivity index (χ4v) is 4.51. The summed E-state index contributed by atoms with van der Waals surface area (Å²) >= 11 is 3.38. The van der Waals surface area contributed by atoms with Crippen LogP contribution in [0.4, 0.5) is 13.6 Å². The molecule has 1 aromatic carbocycles. The van der Waals surface area contributed by atoms with Crippen LogP contribution in [0.1, 0.15) is 39.2 Å². The van der Waals surface area contributed by atoms with Crippen LogP contribution in [0.2, 0.25) is 0 Å². The number of alkyl halides is 2. The van der Waals surface area contributed by atoms with Gasteiger partial charge in [0.15, 0.2) is 0 Å². The number of ether oxygens (including phenoxy) is 1. The molecule has 3 atom stereocenters. The number of carbonyl (C=O) groups excluding carboxylic acids is 2. The number of aliphatic carboxylic acids is 1. The van der Waals surface area contributed by atoms with Crippen molar-refractivity contribution in [2.75, 3.05) is 13.1 Å². The first-order valence-corrected chi connectivity index (χ1v) is 11.2. The molecule has 2 aliphatic rings. The van der Waals surface area contributed by atoms with E-state index in [-0.39, 0.29) is 18.9 Å². The molecule has 2 saturated heterocycles. The van der Waals surface area contributed by atoms with Crippen molar-refractivity contribution >= 4 is 33.9 Å². The van der Waals surface area contributed by atoms with Crippen LogP contribution in [0.25, 0.3) is 0 Å². The minimum atomic E-state index is -3.29. The highest BCUT2D eigenvalue weighted by Gasteiger charge is 2.53. The highest BCUT2D eigenvalue weighted by atomic mass is 79.9. The molecule has 0 bridgehead atoms. The van der Waals surface area contributed by atoms with Crippen molar-refractivity contribution in [3.63, 3.8) is 0 Å². The molecule has 3 rings (SSSR count). The zero-order valence-corrected chi connectivity index (χ0v) is 19.8. The van der Waals surface area contributed by atoms with Gasteiger partial charge in [0.05, 0.1) is 6.54 Å². The fraction of sp³-hybridized carbons (Fsp3) is 0.591. The van der Waals surface area contributed by atoms with Gasteiger partial charge in [-0.25, -0.2) is 18.4 Å². The summed E-state index contributed by atoms with van der Waals surface area (Å²) in [4.78, 5) is 39.6. The van der Waals surface area contributed by atoms with Gasteiger partial charge in [-0.3, -0.25) is 9.69 Å². The molecular formula is C22H27BrF2N2O5. The Morgan fingerprint density at radius 1 is 1.16 bits per heavy atom. The van der Waals surface area contributed by atoms with Crippen LogP contribution in [0, 0.1) is 5.92 Å². The van der Waals surface area contributed by atoms with E-state index < -0.39 is 54.5 Å². The minimum absolute atomic E-state index is 0.107. The quantitative estimate of drug-likeness (QED) is 0.654. The van der Waals surface area contributed by atoms with E-state index in [0.29, 0.717) is 11.3 Å². The van der Waals surface area contributed by atoms with Crippen LogP contribution < -0.4 is 0 Å². The average Bonchev–Trinajstić information content (AvgIpc) is 3.22. The maximum absolute atomic E-state index is 14.0. The van der Waals surface area contributed by atoms with Crippen molar-refractivity contribution in [3.05, 3.63) is 34.3 Å². The summed E-state index contributed by atoms with van der Waals surface area (Å²) in [6, 6.07) is 4.96. The summed E-state index contributed by atoms with van der Waals surface area (Å²) in [6.45, 7) is 4.32. The normalized spacial score (nSPS) is 25.1. The van der Waals surface area contributed by atoms with Crippen molar-refractivity contribution in [3.8, 4) is 0 Å². The number of carbonyl (C=O) groups is 3. The monoisotopic (exact) mass is 516 g/mol. The Balaban J connectivity index is 1.83. The third-order valence-corrected chi connectivity index (χ3v) is 6.11. The molecule has 0 saturated carbocycles. The minimum Gasteiger partial charge on any atom is -0.480 e. The lowest BCUT2D eigenvalue weighted by molar-refractivity contribution is -0.150. The molecule has 32 heavy (non-hydrogen) atoms. The SMILES string of the molecule is CC(C)(C)OC(=O)N1C[C@H](Cc2ccc(Br)cc2)C[C@H]1C(=O)N1CC(F)(F)CC1C(=O)O. The summed E-state index contributed by atoms with van der Waals surface area (Å²) in [5.41, 5.74) is 0.199. The average molecular weight is 517 g/mol. The van der Waals surface area contributed by atoms with Crippen molar-refractivity contribution < 1.29 is 33.0 Å². The van der Waals surface area contributed by atoms with Gasteiger partial charge in [0.1, 0.15) is 17.7 Å². The molecule has 2 aliphatic heterocycles. The third kappa shape index (κ3) is 5.76. The lowest BCUT2D eigenvalue weighted by Crippen LogP contribution is -2.52. The number of rotatable bonds is 4. The van der Waals surface area contributed by atoms with Crippen LogP contribution in [-0.4, -0.2) is 69.6 Å². The first kappa shape index (κ1) is 24.4. The van der Waals surface area contributed by atoms with Gasteiger partial charge in [0.2, 0.25) is 5.91 Å². The molecule has 176 valence electrons. The lowest BCUT2D eigenvalue weighted by Gasteiger charge is -2.31. The van der Waals surface area contributed by atoms with E-state index in [4.69, 9.17) is 4.74 Å². The Bertz CT molecular complexity index is 887. The van der Waals surface area contributed by atoms with E-state index in [1.807, 2.05) is 24.3 Å². The highest BCUT2D eigenvalue weighted by molar-refractivity contribution is 9.10. The molecular weight excluding hydrogens is 490 g/mol. The second-order valence-electron chi connectivity index (χ2n) is 9.46. The summed E-state index contributed by atoms with van der Waals surface area (Å²) in [5.74, 6) is -5.66. The van der Waals surface area contributed by atoms with Gasteiger partial charge in [-0.1, -0.05) is 28.1 Å². The molecule has 1 aromatic rings. The molecule has 1 N–H and O–H groups in total. The molecule has 2 amide bonds. The molecule has 7 nitrogen and oxygen atoms in total. The van der Waals surface area contributed by atoms with Gasteiger partial charge in [0, 0.05) is 17.4 Å². The largest absolute Gasteiger partial charge is 0.480 e. The predicted octanol–water partition coefficient (Wildman–Crippen LogP) is 3.94. The van der Waals surface area contributed by atoms with Gasteiger partial charge in [-0.05, 0) is 57.2 Å². The third-order valence-electron chi connectivity index (χ3n) is 5.58. The molecule has 1 unspecified atom stereocenters. The van der Waals surface area contributed by atoms with Crippen LogP contribution in [0.3, 0.4) is 0 Å². The zero-order valence-electron chi connectivity index (χ0n) is 18.2. The first-order chi connectivity index (χ1) is 14.8. The van der Waals surface area contributed by atoms with E-state index >= 15 is 0 Å². The van der Waals surface area contributed by atoms with Crippen LogP contribution >= 0.6 is 15.9 Å². The second-order valence-corrected chi connectivity index (χ2v) is 10.4. The van der Waals surface area contributed by atoms with Crippen molar-refractivity contribution in [1.29, 1.82) is 0 Å². The number of amides is 2. The topological polar surface area (TPSA) is 87.2 Å². The number of likely N-dealkylation sites (tertiary alicyclic amines) is 2. The van der Waals surface area contributed by atoms with Gasteiger partial charge in [-0.2, -0.15) is 0 Å². The molecule has 0 aromatic heterocycles. The van der Waals surface area contributed by atoms with Crippen LogP contribution in [0.5, 0.6) is 0 Å². The maximum atomic E-state index is 14.0. The number of nitrogens with zero attached hydrogens (tertiary/aromatic N) is 2. The highest BCUT2D eigenvalue weighted by Crippen LogP contribution is 2.36. The Morgan fingerprint density at radius 2 is 1.78 bits per heavy atom. The smallest absolute Gasteiger partial charge is 0.410 e. The maximum Gasteiger partial charge on any atom is 0.410 e. The molecule has 0 radical (unpaired) electrons. The Labute approximate surface area is 193 Å². The number of benzene rings is 1. The van der Waals surface area contributed by atoms with Crippen LogP contribution in [0.15, 0.2) is 28.7 Å². The first-order valence-electron chi connectivity index (χ1n) is 10.4. The second kappa shape index (κ2) is 8.96. The molecule has 2 fully saturated rings. The Morgan fingerprint density at radius 3 is 2.34 bits per heavy atom. The van der Waals surface area contributed by atoms with Gasteiger partial charge in [-0.15, -0.1) is 0 Å². The number of halogens is 3. The summed E-state index contributed by atoms with van der Waals surface area (Å²) in [6.07, 6.45) is -0.834. The summed E-state index contributed by atoms with van der Waals surface area (Å²) in [5, 5.41) is 9.37. The van der Waals surface area contributed by atoms with Crippen molar-refractivity contribution in [1.82, 2.24) is 9.80 Å². The Kier molecular flexibility index (Phi) is 6.83. The van der Waals surface area contributed by atoms with Crippen LogP contribution in [-0.2, 0) is 20.7 Å². The molecule has 10 heteroatoms. The number of hydrogen-bond acceptors (Lipinski definition) is 4. The fourth-order valence-electron chi connectivity index (χ4n) is 4.24. The number of carboxylic acids is 1. The zero-order chi connectivity index (χ0) is 23.8. The van der Waals surface area contributed by atoms with E-state index in [9.17, 15) is 28.3 Å². The molecule has 2 heterocycles. The van der Waals surface area contributed by atoms with E-state index in [2.05, 4.69) is 15.9 Å². The van der Waals surface area contributed by atoms with E-state index in [1.165, 1.54) is 4.90 Å². The van der Waals surface area contributed by atoms with Gasteiger partial charge in [0.25, 0.3) is 5.92 Å². The number of carboxylic acid groups (broad SMARTS) is 1. The van der Waals surface area contributed by atoms with Gasteiger partial charge >= 0.3 is 12.1 Å². The summed E-state index contributed by atoms with van der Waals surface area (Å²) < 4.78 is 34.3. The summed E-state index contributed by atoms with van der Waals surface area (Å²) in [7, 11) is 0. The number of hydrogen-bond donors (Lipinski definition) is 1. The molecule has 0 aliphatic carbocycles. The lowest BCUT2D eigenvalue weighted by atomic mass is 9.96. The standard InChI is InChI=1S/C22H27BrF2N2O5/c1-21(2,3)32-20(31)26-11-14(8-13-4-6-15(23)7-5-13)9-16(26)18(28)27-12-22(24,25)10-17(27)19(29)30/h4-7,14,16-17H,8-12H2,1-3H3,(H,29,30)/t14-,16+,17?/m1/s1. The van der Waals surface area contributed by atoms with E-state index in [0.717, 1.165) is 10.0 Å². The van der Waals surface area contributed by atoms with Gasteiger partial charge < -0.3 is 14.7 Å². The van der Waals surface area contributed by atoms with E-state index in [1.54, 1.807) is 20.8 Å². The Hall–Kier alpha value is -2.23. The predicted molar refractivity (Wildman–Crippen MR) is 115 cm³/mol.